The van der Waals surface area contributed by atoms with E-state index in [1.54, 1.807) is 6.92 Å². The average Bonchev–Trinajstić information content (AvgIpc) is 2.54. The minimum absolute atomic E-state index is 0.111. The lowest BCUT2D eigenvalue weighted by Crippen LogP contribution is -2.47. The second-order valence-electron chi connectivity index (χ2n) is 6.43. The molecule has 1 saturated carbocycles. The number of carbonyl (C=O) groups excluding carboxylic acids is 2. The van der Waals surface area contributed by atoms with E-state index < -0.39 is 12.1 Å². The predicted molar refractivity (Wildman–Crippen MR) is 93.2 cm³/mol. The molecule has 2 rings (SSSR count). The van der Waals surface area contributed by atoms with Gasteiger partial charge >= 0.3 is 5.97 Å². The van der Waals surface area contributed by atoms with E-state index in [2.05, 4.69) is 24.1 Å². The molecular formula is C17H22Cl2N2O3. The summed E-state index contributed by atoms with van der Waals surface area (Å²) in [6, 6.07) is 1.49. The smallest absolute Gasteiger partial charge is 0.340 e. The van der Waals surface area contributed by atoms with Crippen molar-refractivity contribution in [3.63, 3.8) is 0 Å². The molecule has 0 aliphatic heterocycles. The number of amides is 1. The van der Waals surface area contributed by atoms with E-state index in [0.717, 1.165) is 12.8 Å². The quantitative estimate of drug-likeness (QED) is 0.643. The summed E-state index contributed by atoms with van der Waals surface area (Å²) in [7, 11) is 0. The Balaban J connectivity index is 1.93. The summed E-state index contributed by atoms with van der Waals surface area (Å²) >= 11 is 11.6. The third-order valence-electron chi connectivity index (χ3n) is 4.72. The first-order valence-electron chi connectivity index (χ1n) is 8.12. The van der Waals surface area contributed by atoms with Gasteiger partial charge in [0.05, 0.1) is 10.6 Å². The number of rotatable bonds is 4. The minimum atomic E-state index is -0.892. The fraction of sp³-hybridized carbons (Fsp3) is 0.588. The predicted octanol–water partition coefficient (Wildman–Crippen LogP) is 3.87. The fourth-order valence-electron chi connectivity index (χ4n) is 2.90. The number of carbonyl (C=O) groups is 2. The van der Waals surface area contributed by atoms with Gasteiger partial charge in [-0.1, -0.05) is 49.9 Å². The molecule has 1 N–H and O–H groups in total. The Kier molecular flexibility index (Phi) is 6.47. The summed E-state index contributed by atoms with van der Waals surface area (Å²) in [5.41, 5.74) is 0.156. The van der Waals surface area contributed by atoms with Crippen molar-refractivity contribution in [1.82, 2.24) is 10.3 Å². The normalized spacial score (nSPS) is 25.0. The number of nitrogens with zero attached hydrogens (tertiary/aromatic N) is 1. The number of ether oxygens (including phenoxy) is 1. The fourth-order valence-corrected chi connectivity index (χ4v) is 3.17. The van der Waals surface area contributed by atoms with Crippen LogP contribution in [0.1, 0.15) is 50.4 Å². The van der Waals surface area contributed by atoms with Crippen molar-refractivity contribution in [2.24, 2.45) is 11.8 Å². The van der Waals surface area contributed by atoms with Crippen LogP contribution in [0.25, 0.3) is 0 Å². The van der Waals surface area contributed by atoms with Gasteiger partial charge in [-0.25, -0.2) is 9.78 Å². The summed E-state index contributed by atoms with van der Waals surface area (Å²) < 4.78 is 5.20. The number of halogens is 2. The average molecular weight is 373 g/mol. The van der Waals surface area contributed by atoms with Gasteiger partial charge in [-0.2, -0.15) is 0 Å². The molecule has 1 aliphatic rings. The Bertz CT molecular complexity index is 624. The molecule has 0 radical (unpaired) electrons. The second kappa shape index (κ2) is 8.17. The lowest BCUT2D eigenvalue weighted by Gasteiger charge is -2.35. The van der Waals surface area contributed by atoms with Gasteiger partial charge in [0.25, 0.3) is 5.91 Å². The zero-order chi connectivity index (χ0) is 17.9. The largest absolute Gasteiger partial charge is 0.449 e. The van der Waals surface area contributed by atoms with Gasteiger partial charge < -0.3 is 10.1 Å². The van der Waals surface area contributed by atoms with Crippen LogP contribution >= 0.6 is 23.2 Å². The summed E-state index contributed by atoms with van der Waals surface area (Å²) in [6.45, 7) is 5.89. The third-order valence-corrected chi connectivity index (χ3v) is 5.41. The summed E-state index contributed by atoms with van der Waals surface area (Å²) in [5.74, 6) is 0.0326. The Labute approximate surface area is 152 Å². The van der Waals surface area contributed by atoms with Crippen molar-refractivity contribution in [3.05, 3.63) is 28.0 Å². The van der Waals surface area contributed by atoms with Crippen molar-refractivity contribution in [2.75, 3.05) is 0 Å². The van der Waals surface area contributed by atoms with Gasteiger partial charge in [0.2, 0.25) is 0 Å². The van der Waals surface area contributed by atoms with E-state index in [-0.39, 0.29) is 27.7 Å². The zero-order valence-corrected chi connectivity index (χ0v) is 15.5. The van der Waals surface area contributed by atoms with Crippen molar-refractivity contribution in [1.29, 1.82) is 0 Å². The number of pyridine rings is 1. The monoisotopic (exact) mass is 372 g/mol. The lowest BCUT2D eigenvalue weighted by molar-refractivity contribution is -0.130. The first kappa shape index (κ1) is 19.0. The number of esters is 1. The summed E-state index contributed by atoms with van der Waals surface area (Å²) in [5, 5.41) is 3.27. The molecular weight excluding hydrogens is 351 g/mol. The Morgan fingerprint density at radius 2 is 2.04 bits per heavy atom. The van der Waals surface area contributed by atoms with Crippen molar-refractivity contribution >= 4 is 35.1 Å². The first-order valence-corrected chi connectivity index (χ1v) is 8.87. The van der Waals surface area contributed by atoms with Crippen LogP contribution in [0, 0.1) is 11.8 Å². The van der Waals surface area contributed by atoms with Gasteiger partial charge in [0.15, 0.2) is 6.10 Å². The number of hydrogen-bond acceptors (Lipinski definition) is 4. The van der Waals surface area contributed by atoms with E-state index in [0.29, 0.717) is 11.8 Å². The Hall–Kier alpha value is -1.33. The molecule has 0 unspecified atom stereocenters. The van der Waals surface area contributed by atoms with Crippen LogP contribution in [0.3, 0.4) is 0 Å². The van der Waals surface area contributed by atoms with Crippen LogP contribution in [-0.4, -0.2) is 29.0 Å². The van der Waals surface area contributed by atoms with Crippen LogP contribution in [-0.2, 0) is 9.53 Å². The van der Waals surface area contributed by atoms with E-state index in [4.69, 9.17) is 27.9 Å². The highest BCUT2D eigenvalue weighted by Gasteiger charge is 2.30. The highest BCUT2D eigenvalue weighted by molar-refractivity contribution is 6.41. The number of nitrogens with one attached hydrogen (secondary N) is 1. The number of aromatic nitrogens is 1. The van der Waals surface area contributed by atoms with Crippen molar-refractivity contribution in [2.45, 2.75) is 52.2 Å². The first-order chi connectivity index (χ1) is 11.3. The van der Waals surface area contributed by atoms with Crippen LogP contribution in [0.2, 0.25) is 10.2 Å². The molecule has 24 heavy (non-hydrogen) atoms. The van der Waals surface area contributed by atoms with Crippen molar-refractivity contribution in [3.8, 4) is 0 Å². The molecule has 4 atom stereocenters. The third kappa shape index (κ3) is 4.61. The molecule has 132 valence electrons. The Morgan fingerprint density at radius 1 is 1.33 bits per heavy atom. The van der Waals surface area contributed by atoms with E-state index >= 15 is 0 Å². The number of hydrogen-bond donors (Lipinski definition) is 1. The van der Waals surface area contributed by atoms with Crippen LogP contribution in [0.15, 0.2) is 12.3 Å². The van der Waals surface area contributed by atoms with Crippen LogP contribution in [0.4, 0.5) is 0 Å². The van der Waals surface area contributed by atoms with E-state index in [9.17, 15) is 9.59 Å². The molecule has 1 amide bonds. The van der Waals surface area contributed by atoms with Gasteiger partial charge in [-0.3, -0.25) is 4.79 Å². The molecule has 0 aromatic carbocycles. The summed E-state index contributed by atoms with van der Waals surface area (Å²) in [4.78, 5) is 28.2. The zero-order valence-electron chi connectivity index (χ0n) is 14.0. The summed E-state index contributed by atoms with van der Waals surface area (Å²) in [6.07, 6.45) is 3.61. The Morgan fingerprint density at radius 3 is 2.71 bits per heavy atom. The van der Waals surface area contributed by atoms with Crippen molar-refractivity contribution < 1.29 is 14.3 Å². The van der Waals surface area contributed by atoms with E-state index in [1.165, 1.54) is 18.7 Å². The highest BCUT2D eigenvalue weighted by atomic mass is 35.5. The van der Waals surface area contributed by atoms with Gasteiger partial charge in [-0.05, 0) is 31.2 Å². The molecule has 0 bridgehead atoms. The maximum absolute atomic E-state index is 12.3. The maximum Gasteiger partial charge on any atom is 0.340 e. The molecule has 0 spiro atoms. The molecule has 1 fully saturated rings. The maximum atomic E-state index is 12.3. The highest BCUT2D eigenvalue weighted by Crippen LogP contribution is 2.29. The molecule has 5 nitrogen and oxygen atoms in total. The standard InChI is InChI=1S/C17H22Cl2N2O3/c1-9-5-4-6-14(10(9)2)21-16(22)11(3)24-17(23)12-7-13(18)15(19)20-8-12/h7-11,14H,4-6H2,1-3H3,(H,21,22)/t9-,10-,11-,14+/m1/s1. The van der Waals surface area contributed by atoms with Crippen LogP contribution < -0.4 is 5.32 Å². The molecule has 1 aromatic rings. The van der Waals surface area contributed by atoms with Gasteiger partial charge in [0.1, 0.15) is 5.15 Å². The lowest BCUT2D eigenvalue weighted by atomic mass is 9.78. The topological polar surface area (TPSA) is 68.3 Å². The molecule has 1 aliphatic carbocycles. The molecule has 0 saturated heterocycles. The minimum Gasteiger partial charge on any atom is -0.449 e. The second-order valence-corrected chi connectivity index (χ2v) is 7.19. The van der Waals surface area contributed by atoms with Gasteiger partial charge in [-0.15, -0.1) is 0 Å². The van der Waals surface area contributed by atoms with Crippen LogP contribution in [0.5, 0.6) is 0 Å². The SMILES string of the molecule is C[C@@H]1[C@H](C)CCC[C@@H]1NC(=O)[C@@H](C)OC(=O)c1cnc(Cl)c(Cl)c1. The molecule has 1 aromatic heterocycles. The van der Waals surface area contributed by atoms with E-state index in [1.807, 2.05) is 0 Å². The van der Waals surface area contributed by atoms with Gasteiger partial charge in [0, 0.05) is 12.2 Å². The molecule has 1 heterocycles. The molecule has 7 heteroatoms.